The molecule has 2 rings (SSSR count). The molecule has 1 aliphatic carbocycles. The van der Waals surface area contributed by atoms with Gasteiger partial charge in [0.1, 0.15) is 11.6 Å². The average Bonchev–Trinajstić information content (AvgIpc) is 2.10. The van der Waals surface area contributed by atoms with E-state index in [9.17, 15) is 8.78 Å². The highest BCUT2D eigenvalue weighted by molar-refractivity contribution is 7.99. The SMILES string of the molecule is CSC1(c2cc(F)ccc2F)CCC1. The zero-order valence-electron chi connectivity index (χ0n) is 8.02. The van der Waals surface area contributed by atoms with E-state index in [4.69, 9.17) is 0 Å². The molecule has 0 amide bonds. The summed E-state index contributed by atoms with van der Waals surface area (Å²) in [6, 6.07) is 3.73. The lowest BCUT2D eigenvalue weighted by Crippen LogP contribution is -2.31. The Hall–Kier alpha value is -0.570. The van der Waals surface area contributed by atoms with Gasteiger partial charge in [-0.1, -0.05) is 6.42 Å². The van der Waals surface area contributed by atoms with Gasteiger partial charge in [0.05, 0.1) is 0 Å². The number of hydrogen-bond acceptors (Lipinski definition) is 1. The second-order valence-corrected chi connectivity index (χ2v) is 4.87. The molecule has 0 saturated heterocycles. The van der Waals surface area contributed by atoms with Crippen molar-refractivity contribution in [3.05, 3.63) is 35.4 Å². The van der Waals surface area contributed by atoms with Crippen LogP contribution in [0.25, 0.3) is 0 Å². The van der Waals surface area contributed by atoms with Crippen molar-refractivity contribution in [2.24, 2.45) is 0 Å². The molecule has 0 heterocycles. The van der Waals surface area contributed by atoms with E-state index in [1.165, 1.54) is 18.2 Å². The molecule has 0 aromatic heterocycles. The van der Waals surface area contributed by atoms with E-state index in [1.807, 2.05) is 6.26 Å². The summed E-state index contributed by atoms with van der Waals surface area (Å²) < 4.78 is 26.3. The summed E-state index contributed by atoms with van der Waals surface area (Å²) in [6.07, 6.45) is 4.98. The van der Waals surface area contributed by atoms with Crippen molar-refractivity contribution in [3.63, 3.8) is 0 Å². The Kier molecular flexibility index (Phi) is 2.52. The molecular weight excluding hydrogens is 202 g/mol. The minimum absolute atomic E-state index is 0.161. The van der Waals surface area contributed by atoms with Crippen molar-refractivity contribution in [3.8, 4) is 0 Å². The van der Waals surface area contributed by atoms with Crippen LogP contribution in [0.5, 0.6) is 0 Å². The van der Waals surface area contributed by atoms with Crippen LogP contribution in [-0.2, 0) is 4.75 Å². The van der Waals surface area contributed by atoms with Crippen molar-refractivity contribution in [2.45, 2.75) is 24.0 Å². The van der Waals surface area contributed by atoms with Gasteiger partial charge in [0.25, 0.3) is 0 Å². The van der Waals surface area contributed by atoms with Crippen LogP contribution in [0.3, 0.4) is 0 Å². The molecule has 1 aromatic rings. The maximum Gasteiger partial charge on any atom is 0.128 e. The Morgan fingerprint density at radius 2 is 2.00 bits per heavy atom. The second kappa shape index (κ2) is 3.54. The fourth-order valence-corrected chi connectivity index (χ4v) is 3.00. The van der Waals surface area contributed by atoms with Crippen LogP contribution in [0.2, 0.25) is 0 Å². The van der Waals surface area contributed by atoms with E-state index in [2.05, 4.69) is 0 Å². The van der Waals surface area contributed by atoms with E-state index in [0.29, 0.717) is 5.56 Å². The van der Waals surface area contributed by atoms with Gasteiger partial charge >= 0.3 is 0 Å². The topological polar surface area (TPSA) is 0 Å². The van der Waals surface area contributed by atoms with Crippen LogP contribution < -0.4 is 0 Å². The molecule has 0 bridgehead atoms. The molecule has 1 aromatic carbocycles. The Bertz CT molecular complexity index is 340. The molecule has 0 unspecified atom stereocenters. The van der Waals surface area contributed by atoms with Gasteiger partial charge in [0.15, 0.2) is 0 Å². The summed E-state index contributed by atoms with van der Waals surface area (Å²) in [5.41, 5.74) is 0.538. The molecule has 3 heteroatoms. The average molecular weight is 214 g/mol. The van der Waals surface area contributed by atoms with Crippen LogP contribution in [0, 0.1) is 11.6 Å². The number of benzene rings is 1. The number of thioether (sulfide) groups is 1. The van der Waals surface area contributed by atoms with Crippen LogP contribution >= 0.6 is 11.8 Å². The van der Waals surface area contributed by atoms with Crippen LogP contribution in [0.4, 0.5) is 8.78 Å². The van der Waals surface area contributed by atoms with Gasteiger partial charge in [-0.15, -0.1) is 0 Å². The minimum atomic E-state index is -0.346. The Labute approximate surface area is 86.7 Å². The first kappa shape index (κ1) is 9.97. The third-order valence-electron chi connectivity index (χ3n) is 2.97. The van der Waals surface area contributed by atoms with Crippen molar-refractivity contribution < 1.29 is 8.78 Å². The standard InChI is InChI=1S/C11H12F2S/c1-14-11(5-2-6-11)9-7-8(12)3-4-10(9)13/h3-4,7H,2,5-6H2,1H3. The molecule has 0 N–H and O–H groups in total. The Morgan fingerprint density at radius 3 is 2.50 bits per heavy atom. The van der Waals surface area contributed by atoms with Gasteiger partial charge in [-0.25, -0.2) is 8.78 Å². The molecule has 1 aliphatic rings. The highest BCUT2D eigenvalue weighted by Crippen LogP contribution is 2.51. The monoisotopic (exact) mass is 214 g/mol. The molecule has 0 spiro atoms. The minimum Gasteiger partial charge on any atom is -0.207 e. The van der Waals surface area contributed by atoms with Gasteiger partial charge in [0, 0.05) is 10.3 Å². The van der Waals surface area contributed by atoms with Gasteiger partial charge < -0.3 is 0 Å². The molecule has 76 valence electrons. The van der Waals surface area contributed by atoms with Gasteiger partial charge in [-0.3, -0.25) is 0 Å². The predicted octanol–water partition coefficient (Wildman–Crippen LogP) is 3.71. The van der Waals surface area contributed by atoms with Crippen LogP contribution in [0.1, 0.15) is 24.8 Å². The van der Waals surface area contributed by atoms with Crippen molar-refractivity contribution in [1.82, 2.24) is 0 Å². The first-order valence-electron chi connectivity index (χ1n) is 4.69. The summed E-state index contributed by atoms with van der Waals surface area (Å²) >= 11 is 1.63. The third-order valence-corrected chi connectivity index (χ3v) is 4.38. The summed E-state index contributed by atoms with van der Waals surface area (Å²) in [6.45, 7) is 0. The maximum absolute atomic E-state index is 13.5. The van der Waals surface area contributed by atoms with Crippen LogP contribution in [0.15, 0.2) is 18.2 Å². The maximum atomic E-state index is 13.5. The van der Waals surface area contributed by atoms with Crippen molar-refractivity contribution in [2.75, 3.05) is 6.26 Å². The van der Waals surface area contributed by atoms with E-state index < -0.39 is 0 Å². The van der Waals surface area contributed by atoms with Gasteiger partial charge in [-0.05, 0) is 37.3 Å². The van der Waals surface area contributed by atoms with Gasteiger partial charge in [-0.2, -0.15) is 11.8 Å². The van der Waals surface area contributed by atoms with E-state index in [1.54, 1.807) is 11.8 Å². The predicted molar refractivity (Wildman–Crippen MR) is 55.4 cm³/mol. The number of halogens is 2. The smallest absolute Gasteiger partial charge is 0.128 e. The molecule has 1 fully saturated rings. The zero-order valence-corrected chi connectivity index (χ0v) is 8.83. The van der Waals surface area contributed by atoms with E-state index in [-0.39, 0.29) is 16.4 Å². The highest BCUT2D eigenvalue weighted by Gasteiger charge is 2.39. The lowest BCUT2D eigenvalue weighted by molar-refractivity contribution is 0.359. The summed E-state index contributed by atoms with van der Waals surface area (Å²) in [4.78, 5) is 0. The summed E-state index contributed by atoms with van der Waals surface area (Å²) in [5.74, 6) is -0.623. The molecule has 14 heavy (non-hydrogen) atoms. The first-order chi connectivity index (χ1) is 6.68. The fourth-order valence-electron chi connectivity index (χ4n) is 1.93. The number of hydrogen-bond donors (Lipinski definition) is 0. The molecule has 0 aliphatic heterocycles. The van der Waals surface area contributed by atoms with Crippen LogP contribution in [-0.4, -0.2) is 6.26 Å². The zero-order chi connectivity index (χ0) is 10.2. The lowest BCUT2D eigenvalue weighted by atomic mass is 9.78. The molecule has 0 atom stereocenters. The molecular formula is C11H12F2S. The molecule has 0 radical (unpaired) electrons. The third kappa shape index (κ3) is 1.44. The Balaban J connectivity index is 2.43. The summed E-state index contributed by atoms with van der Waals surface area (Å²) in [5, 5.41) is 0. The summed E-state index contributed by atoms with van der Waals surface area (Å²) in [7, 11) is 0. The van der Waals surface area contributed by atoms with E-state index >= 15 is 0 Å². The number of rotatable bonds is 2. The normalized spacial score (nSPS) is 19.1. The first-order valence-corrected chi connectivity index (χ1v) is 5.91. The van der Waals surface area contributed by atoms with Crippen molar-refractivity contribution in [1.29, 1.82) is 0 Å². The molecule has 0 nitrogen and oxygen atoms in total. The highest BCUT2D eigenvalue weighted by atomic mass is 32.2. The van der Waals surface area contributed by atoms with E-state index in [0.717, 1.165) is 19.3 Å². The quantitative estimate of drug-likeness (QED) is 0.723. The second-order valence-electron chi connectivity index (χ2n) is 3.68. The fraction of sp³-hybridized carbons (Fsp3) is 0.455. The van der Waals surface area contributed by atoms with Gasteiger partial charge in [0.2, 0.25) is 0 Å². The molecule has 1 saturated carbocycles. The Morgan fingerprint density at radius 1 is 1.29 bits per heavy atom. The lowest BCUT2D eigenvalue weighted by Gasteiger charge is -2.41. The van der Waals surface area contributed by atoms with Crippen molar-refractivity contribution >= 4 is 11.8 Å². The largest absolute Gasteiger partial charge is 0.207 e.